The number of nitrogens with zero attached hydrogens (tertiary/aromatic N) is 2. The minimum Gasteiger partial charge on any atom is -0.340 e. The van der Waals surface area contributed by atoms with Gasteiger partial charge in [-0.05, 0) is 63.0 Å². The quantitative estimate of drug-likeness (QED) is 0.647. The summed E-state index contributed by atoms with van der Waals surface area (Å²) in [5.74, 6) is -0.382. The number of nitrogens with one attached hydrogen (secondary N) is 1. The molecule has 9 heteroatoms. The fourth-order valence-corrected chi connectivity index (χ4v) is 4.58. The van der Waals surface area contributed by atoms with E-state index in [1.54, 1.807) is 0 Å². The first-order valence-corrected chi connectivity index (χ1v) is 11.0. The van der Waals surface area contributed by atoms with Gasteiger partial charge in [-0.3, -0.25) is 4.79 Å². The molecule has 0 bridgehead atoms. The van der Waals surface area contributed by atoms with Crippen LogP contribution in [0.25, 0.3) is 0 Å². The highest BCUT2D eigenvalue weighted by atomic mass is 35.5. The molecule has 0 atom stereocenters. The molecule has 1 aliphatic heterocycles. The number of halogens is 2. The van der Waals surface area contributed by atoms with Crippen molar-refractivity contribution >= 4 is 28.3 Å². The monoisotopic (exact) mass is 435 g/mol. The van der Waals surface area contributed by atoms with E-state index in [1.807, 2.05) is 4.90 Å². The van der Waals surface area contributed by atoms with E-state index < -0.39 is 15.8 Å². The smallest absolute Gasteiger partial charge is 0.242 e. The Morgan fingerprint density at radius 1 is 1.18 bits per heavy atom. The number of rotatable bonds is 9. The highest BCUT2D eigenvalue weighted by molar-refractivity contribution is 7.89. The summed E-state index contributed by atoms with van der Waals surface area (Å²) in [7, 11) is -2.19. The second-order valence-corrected chi connectivity index (χ2v) is 9.00. The van der Waals surface area contributed by atoms with Crippen LogP contribution in [0.1, 0.15) is 39.0 Å². The van der Waals surface area contributed by atoms with Gasteiger partial charge in [0.15, 0.2) is 0 Å². The van der Waals surface area contributed by atoms with Crippen LogP contribution < -0.4 is 5.32 Å². The highest BCUT2D eigenvalue weighted by Crippen LogP contribution is 2.17. The van der Waals surface area contributed by atoms with Crippen molar-refractivity contribution in [3.05, 3.63) is 30.1 Å². The molecule has 0 spiro atoms. The van der Waals surface area contributed by atoms with Crippen molar-refractivity contribution in [2.75, 3.05) is 33.2 Å². The van der Waals surface area contributed by atoms with Crippen LogP contribution in [0.15, 0.2) is 29.2 Å². The number of piperidine rings is 1. The molecule has 0 aromatic heterocycles. The van der Waals surface area contributed by atoms with Crippen LogP contribution >= 0.6 is 12.4 Å². The lowest BCUT2D eigenvalue weighted by atomic mass is 10.0. The molecule has 1 amide bonds. The topological polar surface area (TPSA) is 69.7 Å². The van der Waals surface area contributed by atoms with Gasteiger partial charge < -0.3 is 10.2 Å². The van der Waals surface area contributed by atoms with Crippen molar-refractivity contribution in [1.82, 2.24) is 14.5 Å². The van der Waals surface area contributed by atoms with Crippen molar-refractivity contribution in [2.45, 2.75) is 50.0 Å². The molecular weight excluding hydrogens is 405 g/mol. The SMILES string of the molecule is CCCN(C(=O)CCCN(C)S(=O)(=O)c1ccc(F)cc1)C1CCNCC1.Cl. The van der Waals surface area contributed by atoms with Gasteiger partial charge in [0.2, 0.25) is 15.9 Å². The second-order valence-electron chi connectivity index (χ2n) is 6.95. The van der Waals surface area contributed by atoms with Crippen molar-refractivity contribution < 1.29 is 17.6 Å². The molecule has 1 fully saturated rings. The van der Waals surface area contributed by atoms with E-state index in [2.05, 4.69) is 12.2 Å². The molecular formula is C19H31ClFN3O3S. The summed E-state index contributed by atoms with van der Waals surface area (Å²) >= 11 is 0. The third-order valence-electron chi connectivity index (χ3n) is 4.92. The Balaban J connectivity index is 0.00000392. The van der Waals surface area contributed by atoms with Gasteiger partial charge in [-0.25, -0.2) is 17.1 Å². The molecule has 28 heavy (non-hydrogen) atoms. The number of amides is 1. The van der Waals surface area contributed by atoms with Gasteiger partial charge in [0.05, 0.1) is 4.90 Å². The Hall–Kier alpha value is -1.22. The Bertz CT molecular complexity index is 710. The van der Waals surface area contributed by atoms with E-state index in [0.717, 1.165) is 51.0 Å². The van der Waals surface area contributed by atoms with Crippen molar-refractivity contribution in [3.8, 4) is 0 Å². The van der Waals surface area contributed by atoms with Gasteiger partial charge in [0, 0.05) is 32.6 Å². The Morgan fingerprint density at radius 3 is 2.36 bits per heavy atom. The summed E-state index contributed by atoms with van der Waals surface area (Å²) in [5, 5.41) is 3.31. The molecule has 0 aliphatic carbocycles. The third-order valence-corrected chi connectivity index (χ3v) is 6.79. The number of benzene rings is 1. The first-order valence-electron chi connectivity index (χ1n) is 9.58. The van der Waals surface area contributed by atoms with Crippen molar-refractivity contribution in [2.24, 2.45) is 0 Å². The third kappa shape index (κ3) is 6.69. The first-order chi connectivity index (χ1) is 12.9. The molecule has 160 valence electrons. The molecule has 1 saturated heterocycles. The van der Waals surface area contributed by atoms with Gasteiger partial charge in [-0.2, -0.15) is 0 Å². The zero-order chi connectivity index (χ0) is 19.9. The van der Waals surface area contributed by atoms with Gasteiger partial charge in [-0.1, -0.05) is 6.92 Å². The minimum absolute atomic E-state index is 0. The first kappa shape index (κ1) is 24.8. The van der Waals surface area contributed by atoms with E-state index in [1.165, 1.54) is 23.5 Å². The zero-order valence-electron chi connectivity index (χ0n) is 16.6. The summed E-state index contributed by atoms with van der Waals surface area (Å²) in [4.78, 5) is 14.7. The standard InChI is InChI=1S/C19H30FN3O3S.ClH/c1-3-14-23(17-10-12-21-13-11-17)19(24)5-4-15-22(2)27(25,26)18-8-6-16(20)7-9-18;/h6-9,17,21H,3-5,10-15H2,1-2H3;1H. The van der Waals surface area contributed by atoms with E-state index in [4.69, 9.17) is 0 Å². The molecule has 1 aliphatic rings. The lowest BCUT2D eigenvalue weighted by Gasteiger charge is -2.34. The van der Waals surface area contributed by atoms with Crippen LogP contribution in [0.3, 0.4) is 0 Å². The molecule has 2 rings (SSSR count). The second kappa shape index (κ2) is 11.7. The summed E-state index contributed by atoms with van der Waals surface area (Å²) < 4.78 is 39.2. The molecule has 1 heterocycles. The molecule has 1 aromatic carbocycles. The number of sulfonamides is 1. The fourth-order valence-electron chi connectivity index (χ4n) is 3.37. The number of hydrogen-bond acceptors (Lipinski definition) is 4. The maximum absolute atomic E-state index is 13.0. The summed E-state index contributed by atoms with van der Waals surface area (Å²) in [5.41, 5.74) is 0. The highest BCUT2D eigenvalue weighted by Gasteiger charge is 2.25. The summed E-state index contributed by atoms with van der Waals surface area (Å²) in [6, 6.07) is 5.05. The largest absolute Gasteiger partial charge is 0.340 e. The number of carbonyl (C=O) groups is 1. The minimum atomic E-state index is -3.67. The summed E-state index contributed by atoms with van der Waals surface area (Å²) in [6.07, 6.45) is 3.62. The lowest BCUT2D eigenvalue weighted by Crippen LogP contribution is -2.46. The molecule has 1 aromatic rings. The molecule has 0 unspecified atom stereocenters. The van der Waals surface area contributed by atoms with Gasteiger partial charge >= 0.3 is 0 Å². The van der Waals surface area contributed by atoms with Gasteiger partial charge in [0.25, 0.3) is 0 Å². The van der Waals surface area contributed by atoms with Crippen LogP contribution in [-0.4, -0.2) is 62.8 Å². The van der Waals surface area contributed by atoms with Crippen LogP contribution in [0.4, 0.5) is 4.39 Å². The molecule has 6 nitrogen and oxygen atoms in total. The lowest BCUT2D eigenvalue weighted by molar-refractivity contribution is -0.134. The predicted molar refractivity (Wildman–Crippen MR) is 111 cm³/mol. The molecule has 0 radical (unpaired) electrons. The maximum atomic E-state index is 13.0. The van der Waals surface area contributed by atoms with E-state index in [-0.39, 0.29) is 35.8 Å². The molecule has 0 saturated carbocycles. The normalized spacial score (nSPS) is 15.3. The van der Waals surface area contributed by atoms with E-state index >= 15 is 0 Å². The van der Waals surface area contributed by atoms with Crippen LogP contribution in [0.2, 0.25) is 0 Å². The maximum Gasteiger partial charge on any atom is 0.242 e. The zero-order valence-corrected chi connectivity index (χ0v) is 18.2. The predicted octanol–water partition coefficient (Wildman–Crippen LogP) is 2.64. The number of hydrogen-bond donors (Lipinski definition) is 1. The Kier molecular flexibility index (Phi) is 10.4. The average Bonchev–Trinajstić information content (AvgIpc) is 2.66. The van der Waals surface area contributed by atoms with Gasteiger partial charge in [-0.15, -0.1) is 12.4 Å². The Morgan fingerprint density at radius 2 is 1.79 bits per heavy atom. The average molecular weight is 436 g/mol. The van der Waals surface area contributed by atoms with Gasteiger partial charge in [0.1, 0.15) is 5.82 Å². The van der Waals surface area contributed by atoms with Crippen molar-refractivity contribution in [1.29, 1.82) is 0 Å². The van der Waals surface area contributed by atoms with Crippen molar-refractivity contribution in [3.63, 3.8) is 0 Å². The molecule has 1 N–H and O–H groups in total. The Labute approximate surface area is 173 Å². The van der Waals surface area contributed by atoms with Crippen LogP contribution in [0, 0.1) is 5.82 Å². The van der Waals surface area contributed by atoms with E-state index in [9.17, 15) is 17.6 Å². The van der Waals surface area contributed by atoms with Crippen LogP contribution in [0.5, 0.6) is 0 Å². The number of carbonyl (C=O) groups excluding carboxylic acids is 1. The van der Waals surface area contributed by atoms with E-state index in [0.29, 0.717) is 12.8 Å². The van der Waals surface area contributed by atoms with Crippen LogP contribution in [-0.2, 0) is 14.8 Å². The fraction of sp³-hybridized carbons (Fsp3) is 0.632. The summed E-state index contributed by atoms with van der Waals surface area (Å²) in [6.45, 7) is 4.91.